The number of nitrogens with zero attached hydrogens (tertiary/aromatic N) is 1. The van der Waals surface area contributed by atoms with Gasteiger partial charge in [-0.1, -0.05) is 24.3 Å². The van der Waals surface area contributed by atoms with Crippen molar-refractivity contribution in [2.24, 2.45) is 5.16 Å². The molecule has 0 spiro atoms. The highest BCUT2D eigenvalue weighted by molar-refractivity contribution is 6.05. The summed E-state index contributed by atoms with van der Waals surface area (Å²) in [6, 6.07) is 15.7. The molecule has 23 heavy (non-hydrogen) atoms. The van der Waals surface area contributed by atoms with E-state index < -0.39 is 5.91 Å². The van der Waals surface area contributed by atoms with Crippen molar-refractivity contribution in [1.82, 2.24) is 0 Å². The van der Waals surface area contributed by atoms with E-state index in [2.05, 4.69) is 10.5 Å². The summed E-state index contributed by atoms with van der Waals surface area (Å²) >= 11 is 0. The van der Waals surface area contributed by atoms with Gasteiger partial charge < -0.3 is 19.7 Å². The van der Waals surface area contributed by atoms with E-state index in [1.54, 1.807) is 49.6 Å². The van der Waals surface area contributed by atoms with Gasteiger partial charge >= 0.3 is 0 Å². The first-order valence-electron chi connectivity index (χ1n) is 6.87. The third-order valence-corrected chi connectivity index (χ3v) is 3.32. The summed E-state index contributed by atoms with van der Waals surface area (Å²) in [5, 5.41) is 15.6. The molecule has 6 heteroatoms. The van der Waals surface area contributed by atoms with E-state index in [0.29, 0.717) is 17.0 Å². The maximum atomic E-state index is 12.5. The number of nitrogens with one attached hydrogen (secondary N) is 1. The molecule has 3 rings (SSSR count). The summed E-state index contributed by atoms with van der Waals surface area (Å²) in [6.45, 7) is 0. The third kappa shape index (κ3) is 3.01. The Morgan fingerprint density at radius 2 is 2.00 bits per heavy atom. The quantitative estimate of drug-likeness (QED) is 0.575. The van der Waals surface area contributed by atoms with Crippen LogP contribution in [0.4, 0.5) is 5.69 Å². The molecule has 0 aliphatic heterocycles. The van der Waals surface area contributed by atoms with Crippen LogP contribution in [0.25, 0.3) is 11.0 Å². The molecule has 1 amide bonds. The summed E-state index contributed by atoms with van der Waals surface area (Å²) in [5.41, 5.74) is 1.07. The number of carbonyl (C=O) groups is 1. The van der Waals surface area contributed by atoms with Crippen LogP contribution in [0.15, 0.2) is 64.2 Å². The van der Waals surface area contributed by atoms with Gasteiger partial charge in [0.2, 0.25) is 0 Å². The molecule has 0 aliphatic rings. The van der Waals surface area contributed by atoms with Crippen LogP contribution in [0.1, 0.15) is 10.4 Å². The number of fused-ring (bicyclic) bond motifs is 1. The predicted octanol–water partition coefficient (Wildman–Crippen LogP) is 2.98. The molecule has 0 bridgehead atoms. The summed E-state index contributed by atoms with van der Waals surface area (Å²) in [5.74, 6) is 0.179. The van der Waals surface area contributed by atoms with Crippen LogP contribution in [0, 0.1) is 0 Å². The number of rotatable bonds is 3. The van der Waals surface area contributed by atoms with E-state index in [4.69, 9.17) is 14.4 Å². The zero-order valence-electron chi connectivity index (χ0n) is 12.3. The number of ether oxygens (including phenoxy) is 1. The van der Waals surface area contributed by atoms with Crippen molar-refractivity contribution in [1.29, 1.82) is 0 Å². The van der Waals surface area contributed by atoms with Crippen LogP contribution in [0.2, 0.25) is 0 Å². The summed E-state index contributed by atoms with van der Waals surface area (Å²) in [7, 11) is 1.55. The maximum absolute atomic E-state index is 12.5. The molecule has 0 saturated carbocycles. The molecule has 0 fully saturated rings. The highest BCUT2D eigenvalue weighted by atomic mass is 16.5. The van der Waals surface area contributed by atoms with Crippen molar-refractivity contribution in [3.05, 3.63) is 65.7 Å². The minimum Gasteiger partial charge on any atom is -0.497 e. The molecule has 1 aromatic heterocycles. The van der Waals surface area contributed by atoms with Gasteiger partial charge in [-0.3, -0.25) is 4.79 Å². The van der Waals surface area contributed by atoms with E-state index in [-0.39, 0.29) is 11.1 Å². The molecule has 6 nitrogen and oxygen atoms in total. The molecule has 2 N–H and O–H groups in total. The molecule has 0 aliphatic carbocycles. The Morgan fingerprint density at radius 3 is 2.78 bits per heavy atom. The number of para-hydroxylation sites is 1. The number of benzene rings is 2. The van der Waals surface area contributed by atoms with Crippen molar-refractivity contribution in [2.45, 2.75) is 0 Å². The Labute approximate surface area is 131 Å². The van der Waals surface area contributed by atoms with Crippen LogP contribution < -0.4 is 15.6 Å². The van der Waals surface area contributed by atoms with E-state index in [1.807, 2.05) is 12.1 Å². The number of methoxy groups -OCH3 is 1. The molecule has 116 valence electrons. The third-order valence-electron chi connectivity index (χ3n) is 3.32. The monoisotopic (exact) mass is 310 g/mol. The van der Waals surface area contributed by atoms with Gasteiger partial charge in [0.05, 0.1) is 7.11 Å². The summed E-state index contributed by atoms with van der Waals surface area (Å²) < 4.78 is 10.6. The van der Waals surface area contributed by atoms with Crippen LogP contribution in [0.3, 0.4) is 0 Å². The van der Waals surface area contributed by atoms with Crippen LogP contribution >= 0.6 is 0 Å². The lowest BCUT2D eigenvalue weighted by Crippen LogP contribution is -2.21. The first kappa shape index (κ1) is 14.6. The smallest absolute Gasteiger partial charge is 0.268 e. The van der Waals surface area contributed by atoms with Crippen LogP contribution in [-0.2, 0) is 0 Å². The Balaban J connectivity index is 2.00. The number of carbonyl (C=O) groups excluding carboxylic acids is 1. The van der Waals surface area contributed by atoms with Gasteiger partial charge in [-0.15, -0.1) is 0 Å². The number of amides is 1. The Kier molecular flexibility index (Phi) is 3.97. The number of anilines is 1. The Hall–Kier alpha value is -3.28. The molecule has 0 unspecified atom stereocenters. The Bertz CT molecular complexity index is 931. The van der Waals surface area contributed by atoms with Crippen molar-refractivity contribution < 1.29 is 19.2 Å². The topological polar surface area (TPSA) is 84.1 Å². The van der Waals surface area contributed by atoms with Crippen molar-refractivity contribution in [3.8, 4) is 5.75 Å². The average molecular weight is 310 g/mol. The fourth-order valence-corrected chi connectivity index (χ4v) is 2.21. The lowest BCUT2D eigenvalue weighted by Gasteiger charge is -2.07. The second-order valence-electron chi connectivity index (χ2n) is 4.79. The first-order valence-corrected chi connectivity index (χ1v) is 6.87. The predicted molar refractivity (Wildman–Crippen MR) is 84.5 cm³/mol. The van der Waals surface area contributed by atoms with Crippen LogP contribution in [-0.4, -0.2) is 18.2 Å². The Morgan fingerprint density at radius 1 is 1.17 bits per heavy atom. The van der Waals surface area contributed by atoms with Crippen molar-refractivity contribution in [3.63, 3.8) is 0 Å². The second kappa shape index (κ2) is 6.23. The SMILES string of the molecule is COc1cccc(NC(=O)c2cc3ccccc3o/c2=N/O)c1. The zero-order valence-corrected chi connectivity index (χ0v) is 12.3. The fourth-order valence-electron chi connectivity index (χ4n) is 2.21. The van der Waals surface area contributed by atoms with Gasteiger partial charge in [0.25, 0.3) is 11.5 Å². The van der Waals surface area contributed by atoms with Gasteiger partial charge in [0.1, 0.15) is 16.9 Å². The molecule has 0 radical (unpaired) electrons. The van der Waals surface area contributed by atoms with Crippen molar-refractivity contribution in [2.75, 3.05) is 12.4 Å². The number of hydrogen-bond donors (Lipinski definition) is 2. The highest BCUT2D eigenvalue weighted by Gasteiger charge is 2.13. The van der Waals surface area contributed by atoms with Crippen molar-refractivity contribution >= 4 is 22.6 Å². The van der Waals surface area contributed by atoms with Gasteiger partial charge in [-0.05, 0) is 29.4 Å². The van der Waals surface area contributed by atoms with E-state index in [1.165, 1.54) is 0 Å². The second-order valence-corrected chi connectivity index (χ2v) is 4.79. The summed E-state index contributed by atoms with van der Waals surface area (Å²) in [4.78, 5) is 12.5. The molecular weight excluding hydrogens is 296 g/mol. The lowest BCUT2D eigenvalue weighted by molar-refractivity contribution is 0.102. The standard InChI is InChI=1S/C17H14N2O4/c1-22-13-7-4-6-12(10-13)18-16(20)14-9-11-5-2-3-8-15(11)23-17(14)19-21/h2-10,21H,1H3,(H,18,20)/b19-17+. The number of hydrogen-bond acceptors (Lipinski definition) is 5. The van der Waals surface area contributed by atoms with Gasteiger partial charge in [0, 0.05) is 17.1 Å². The minimum absolute atomic E-state index is 0.133. The van der Waals surface area contributed by atoms with E-state index in [9.17, 15) is 4.79 Å². The minimum atomic E-state index is -0.444. The molecule has 3 aromatic rings. The van der Waals surface area contributed by atoms with Gasteiger partial charge in [-0.25, -0.2) is 0 Å². The van der Waals surface area contributed by atoms with Gasteiger partial charge in [-0.2, -0.15) is 0 Å². The lowest BCUT2D eigenvalue weighted by atomic mass is 10.1. The van der Waals surface area contributed by atoms with E-state index >= 15 is 0 Å². The molecular formula is C17H14N2O4. The van der Waals surface area contributed by atoms with Gasteiger partial charge in [0.15, 0.2) is 0 Å². The fraction of sp³-hybridized carbons (Fsp3) is 0.0588. The maximum Gasteiger partial charge on any atom is 0.268 e. The van der Waals surface area contributed by atoms with E-state index in [0.717, 1.165) is 5.39 Å². The largest absolute Gasteiger partial charge is 0.497 e. The first-order chi connectivity index (χ1) is 11.2. The normalized spacial score (nSPS) is 11.4. The van der Waals surface area contributed by atoms with Crippen LogP contribution in [0.5, 0.6) is 5.75 Å². The highest BCUT2D eigenvalue weighted by Crippen LogP contribution is 2.18. The molecule has 0 saturated heterocycles. The molecule has 1 heterocycles. The summed E-state index contributed by atoms with van der Waals surface area (Å²) in [6.07, 6.45) is 0. The zero-order chi connectivity index (χ0) is 16.2. The molecule has 2 aromatic carbocycles. The molecule has 0 atom stereocenters. The average Bonchev–Trinajstić information content (AvgIpc) is 2.60.